The molecule has 0 aliphatic rings. The summed E-state index contributed by atoms with van der Waals surface area (Å²) in [6.45, 7) is 0.601. The van der Waals surface area contributed by atoms with Crippen molar-refractivity contribution in [3.05, 3.63) is 70.2 Å². The second-order valence-electron chi connectivity index (χ2n) is 4.75. The van der Waals surface area contributed by atoms with Crippen LogP contribution in [0.4, 0.5) is 5.82 Å². The minimum atomic E-state index is 0.601. The zero-order valence-electron chi connectivity index (χ0n) is 11.1. The summed E-state index contributed by atoms with van der Waals surface area (Å²) >= 11 is 11.9. The van der Waals surface area contributed by atoms with E-state index in [0.717, 1.165) is 16.8 Å². The molecule has 0 fully saturated rings. The van der Waals surface area contributed by atoms with Gasteiger partial charge in [-0.3, -0.25) is 0 Å². The van der Waals surface area contributed by atoms with Crippen LogP contribution in [0.5, 0.6) is 0 Å². The van der Waals surface area contributed by atoms with Gasteiger partial charge in [0.2, 0.25) is 0 Å². The lowest BCUT2D eigenvalue weighted by Crippen LogP contribution is -2.05. The summed E-state index contributed by atoms with van der Waals surface area (Å²) in [5.74, 6) is 0.611. The van der Waals surface area contributed by atoms with Gasteiger partial charge in [0, 0.05) is 21.7 Å². The lowest BCUT2D eigenvalue weighted by Gasteiger charge is -2.04. The number of nitrogens with two attached hydrogens (primary N) is 1. The molecule has 0 aliphatic heterocycles. The maximum atomic E-state index is 6.04. The number of nitrogens with zero attached hydrogens (tertiary/aromatic N) is 2. The van der Waals surface area contributed by atoms with Crippen molar-refractivity contribution in [1.82, 2.24) is 9.78 Å². The van der Waals surface area contributed by atoms with Crippen LogP contribution in [0.25, 0.3) is 11.3 Å². The third-order valence-electron chi connectivity index (χ3n) is 3.18. The normalized spacial score (nSPS) is 10.8. The second-order valence-corrected chi connectivity index (χ2v) is 5.62. The third kappa shape index (κ3) is 3.20. The van der Waals surface area contributed by atoms with Gasteiger partial charge in [-0.1, -0.05) is 47.5 Å². The van der Waals surface area contributed by atoms with E-state index in [4.69, 9.17) is 28.9 Å². The first-order chi connectivity index (χ1) is 10.1. The highest BCUT2D eigenvalue weighted by atomic mass is 35.5. The van der Waals surface area contributed by atoms with E-state index in [1.807, 2.05) is 54.6 Å². The first-order valence-corrected chi connectivity index (χ1v) is 7.21. The Morgan fingerprint density at radius 2 is 1.71 bits per heavy atom. The summed E-state index contributed by atoms with van der Waals surface area (Å²) in [4.78, 5) is 0. The summed E-state index contributed by atoms with van der Waals surface area (Å²) in [5, 5.41) is 5.93. The fourth-order valence-electron chi connectivity index (χ4n) is 2.11. The van der Waals surface area contributed by atoms with Gasteiger partial charge in [-0.2, -0.15) is 5.10 Å². The van der Waals surface area contributed by atoms with Crippen molar-refractivity contribution < 1.29 is 0 Å². The van der Waals surface area contributed by atoms with Gasteiger partial charge < -0.3 is 5.73 Å². The molecule has 0 aliphatic carbocycles. The minimum absolute atomic E-state index is 0.601. The number of halogens is 2. The zero-order chi connectivity index (χ0) is 14.8. The molecule has 0 radical (unpaired) electrons. The van der Waals surface area contributed by atoms with Crippen molar-refractivity contribution in [3.8, 4) is 11.3 Å². The molecule has 1 aromatic heterocycles. The smallest absolute Gasteiger partial charge is 0.122 e. The highest BCUT2D eigenvalue weighted by Crippen LogP contribution is 2.24. The zero-order valence-corrected chi connectivity index (χ0v) is 12.6. The number of nitrogen functional groups attached to an aromatic ring is 1. The van der Waals surface area contributed by atoms with Crippen LogP contribution in [0.2, 0.25) is 10.0 Å². The lowest BCUT2D eigenvalue weighted by molar-refractivity contribution is 0.700. The molecule has 0 bridgehead atoms. The maximum Gasteiger partial charge on any atom is 0.122 e. The fraction of sp³-hybridized carbons (Fsp3) is 0.0625. The fourth-order valence-corrected chi connectivity index (χ4v) is 2.43. The van der Waals surface area contributed by atoms with Gasteiger partial charge >= 0.3 is 0 Å². The third-order valence-corrected chi connectivity index (χ3v) is 3.66. The van der Waals surface area contributed by atoms with E-state index >= 15 is 0 Å². The van der Waals surface area contributed by atoms with Crippen LogP contribution in [0.1, 0.15) is 5.56 Å². The quantitative estimate of drug-likeness (QED) is 0.773. The Bertz CT molecular complexity index is 763. The van der Waals surface area contributed by atoms with Crippen LogP contribution in [-0.2, 0) is 6.54 Å². The molecule has 0 unspecified atom stereocenters. The van der Waals surface area contributed by atoms with Gasteiger partial charge in [-0.05, 0) is 29.8 Å². The highest BCUT2D eigenvalue weighted by molar-refractivity contribution is 6.31. The average Bonchev–Trinajstić information content (AvgIpc) is 2.83. The van der Waals surface area contributed by atoms with E-state index < -0.39 is 0 Å². The Hall–Kier alpha value is -1.97. The summed E-state index contributed by atoms with van der Waals surface area (Å²) in [6, 6.07) is 17.0. The van der Waals surface area contributed by atoms with Crippen molar-refractivity contribution in [1.29, 1.82) is 0 Å². The largest absolute Gasteiger partial charge is 0.384 e. The van der Waals surface area contributed by atoms with E-state index in [2.05, 4.69) is 5.10 Å². The molecule has 0 amide bonds. The maximum absolute atomic E-state index is 6.04. The van der Waals surface area contributed by atoms with Gasteiger partial charge in [0.1, 0.15) is 5.82 Å². The Kier molecular flexibility index (Phi) is 3.86. The van der Waals surface area contributed by atoms with Crippen LogP contribution >= 0.6 is 23.2 Å². The Morgan fingerprint density at radius 1 is 0.952 bits per heavy atom. The number of anilines is 1. The minimum Gasteiger partial charge on any atom is -0.384 e. The van der Waals surface area contributed by atoms with Crippen LogP contribution in [-0.4, -0.2) is 9.78 Å². The predicted octanol–water partition coefficient (Wildman–Crippen LogP) is 4.49. The van der Waals surface area contributed by atoms with Crippen LogP contribution in [0.3, 0.4) is 0 Å². The van der Waals surface area contributed by atoms with Gasteiger partial charge in [0.15, 0.2) is 0 Å². The van der Waals surface area contributed by atoms with Gasteiger partial charge in [-0.25, -0.2) is 4.68 Å². The van der Waals surface area contributed by atoms with Crippen LogP contribution < -0.4 is 5.73 Å². The molecule has 0 spiro atoms. The van der Waals surface area contributed by atoms with Crippen molar-refractivity contribution in [2.75, 3.05) is 5.73 Å². The molecule has 0 saturated heterocycles. The van der Waals surface area contributed by atoms with Gasteiger partial charge in [-0.15, -0.1) is 0 Å². The predicted molar refractivity (Wildman–Crippen MR) is 87.6 cm³/mol. The van der Waals surface area contributed by atoms with Gasteiger partial charge in [0.25, 0.3) is 0 Å². The molecule has 1 heterocycles. The Balaban J connectivity index is 1.89. The molecule has 3 rings (SSSR count). The number of hydrogen-bond donors (Lipinski definition) is 1. The molecule has 106 valence electrons. The standard InChI is InChI=1S/C16H13Cl2N3/c17-13-6-4-11(5-7-13)10-21-16(19)9-15(20-21)12-2-1-3-14(18)8-12/h1-9H,10,19H2. The molecular weight excluding hydrogens is 305 g/mol. The molecular formula is C16H13Cl2N3. The van der Waals surface area contributed by atoms with E-state index in [-0.39, 0.29) is 0 Å². The summed E-state index contributed by atoms with van der Waals surface area (Å²) in [7, 11) is 0. The van der Waals surface area contributed by atoms with Crippen molar-refractivity contribution in [2.45, 2.75) is 6.54 Å². The lowest BCUT2D eigenvalue weighted by atomic mass is 10.1. The summed E-state index contributed by atoms with van der Waals surface area (Å²) in [5.41, 5.74) is 8.88. The Morgan fingerprint density at radius 3 is 2.43 bits per heavy atom. The number of aromatic nitrogens is 2. The van der Waals surface area contributed by atoms with Crippen LogP contribution in [0.15, 0.2) is 54.6 Å². The molecule has 0 saturated carbocycles. The average molecular weight is 318 g/mol. The van der Waals surface area contributed by atoms with Crippen LogP contribution in [0, 0.1) is 0 Å². The topological polar surface area (TPSA) is 43.8 Å². The first kappa shape index (κ1) is 14.0. The molecule has 21 heavy (non-hydrogen) atoms. The number of rotatable bonds is 3. The van der Waals surface area contributed by atoms with Gasteiger partial charge in [0.05, 0.1) is 12.2 Å². The van der Waals surface area contributed by atoms with Crippen molar-refractivity contribution in [3.63, 3.8) is 0 Å². The Labute approximate surface area is 132 Å². The van der Waals surface area contributed by atoms with E-state index in [1.165, 1.54) is 0 Å². The molecule has 5 heteroatoms. The SMILES string of the molecule is Nc1cc(-c2cccc(Cl)c2)nn1Cc1ccc(Cl)cc1. The van der Waals surface area contributed by atoms with Crippen molar-refractivity contribution >= 4 is 29.0 Å². The monoisotopic (exact) mass is 317 g/mol. The summed E-state index contributed by atoms with van der Waals surface area (Å²) in [6.07, 6.45) is 0. The number of hydrogen-bond acceptors (Lipinski definition) is 2. The molecule has 3 aromatic rings. The van der Waals surface area contributed by atoms with E-state index in [1.54, 1.807) is 4.68 Å². The first-order valence-electron chi connectivity index (χ1n) is 6.45. The summed E-state index contributed by atoms with van der Waals surface area (Å²) < 4.78 is 1.76. The van der Waals surface area contributed by atoms with E-state index in [0.29, 0.717) is 22.4 Å². The van der Waals surface area contributed by atoms with Crippen molar-refractivity contribution in [2.24, 2.45) is 0 Å². The molecule has 2 N–H and O–H groups in total. The molecule has 2 aromatic carbocycles. The van der Waals surface area contributed by atoms with E-state index in [9.17, 15) is 0 Å². The molecule has 3 nitrogen and oxygen atoms in total. The number of benzene rings is 2. The molecule has 0 atom stereocenters. The highest BCUT2D eigenvalue weighted by Gasteiger charge is 2.08. The second kappa shape index (κ2) is 5.80.